The van der Waals surface area contributed by atoms with Gasteiger partial charge in [0.05, 0.1) is 11.1 Å². The Labute approximate surface area is 64.4 Å². The number of halogens is 2. The van der Waals surface area contributed by atoms with E-state index in [9.17, 15) is 13.9 Å². The molecule has 1 saturated carbocycles. The third kappa shape index (κ3) is 1.37. The van der Waals surface area contributed by atoms with Crippen molar-refractivity contribution in [2.75, 3.05) is 0 Å². The summed E-state index contributed by atoms with van der Waals surface area (Å²) in [5, 5.41) is 9.37. The van der Waals surface area contributed by atoms with Crippen molar-refractivity contribution < 1.29 is 13.9 Å². The van der Waals surface area contributed by atoms with Crippen LogP contribution in [0.15, 0.2) is 0 Å². The minimum Gasteiger partial charge on any atom is -0.389 e. The zero-order chi connectivity index (χ0) is 8.91. The molecule has 0 aromatic rings. The first-order valence-electron chi connectivity index (χ1n) is 3.55. The van der Waals surface area contributed by atoms with Crippen LogP contribution in [0, 0.1) is 0 Å². The van der Waals surface area contributed by atoms with Gasteiger partial charge in [-0.15, -0.1) is 0 Å². The molecule has 0 aromatic carbocycles. The van der Waals surface area contributed by atoms with Gasteiger partial charge in [-0.25, -0.2) is 8.78 Å². The summed E-state index contributed by atoms with van der Waals surface area (Å²) in [6.45, 7) is 2.92. The van der Waals surface area contributed by atoms with Crippen LogP contribution >= 0.6 is 0 Å². The summed E-state index contributed by atoms with van der Waals surface area (Å²) in [4.78, 5) is 0. The second kappa shape index (κ2) is 1.93. The van der Waals surface area contributed by atoms with Gasteiger partial charge in [0.2, 0.25) is 0 Å². The summed E-state index contributed by atoms with van der Waals surface area (Å²) in [6, 6.07) is 0. The van der Waals surface area contributed by atoms with Gasteiger partial charge in [-0.3, -0.25) is 0 Å². The van der Waals surface area contributed by atoms with Gasteiger partial charge in [-0.1, -0.05) is 0 Å². The number of rotatable bonds is 1. The maximum Gasteiger partial charge on any atom is 0.251 e. The maximum atomic E-state index is 12.4. The van der Waals surface area contributed by atoms with Crippen molar-refractivity contribution in [2.24, 2.45) is 5.73 Å². The Balaban J connectivity index is 2.64. The fraction of sp³-hybridized carbons (Fsp3) is 1.00. The van der Waals surface area contributed by atoms with E-state index in [1.54, 1.807) is 0 Å². The van der Waals surface area contributed by atoms with Crippen molar-refractivity contribution in [1.29, 1.82) is 0 Å². The van der Waals surface area contributed by atoms with Gasteiger partial charge < -0.3 is 10.8 Å². The molecule has 0 bridgehead atoms. The average Bonchev–Trinajstić information content (AvgIpc) is 1.55. The van der Waals surface area contributed by atoms with Crippen molar-refractivity contribution >= 4 is 0 Å². The lowest BCUT2D eigenvalue weighted by atomic mass is 9.65. The molecule has 0 spiro atoms. The van der Waals surface area contributed by atoms with E-state index in [0.717, 1.165) is 0 Å². The second-order valence-corrected chi connectivity index (χ2v) is 3.92. The molecular formula is C7H13F2NO. The van der Waals surface area contributed by atoms with E-state index in [2.05, 4.69) is 0 Å². The molecule has 0 unspecified atom stereocenters. The fourth-order valence-corrected chi connectivity index (χ4v) is 1.30. The molecular weight excluding hydrogens is 152 g/mol. The number of hydrogen-bond acceptors (Lipinski definition) is 2. The van der Waals surface area contributed by atoms with Crippen molar-refractivity contribution in [3.05, 3.63) is 0 Å². The molecule has 0 aromatic heterocycles. The van der Waals surface area contributed by atoms with Crippen LogP contribution in [0.3, 0.4) is 0 Å². The number of aliphatic hydroxyl groups is 1. The molecule has 1 aliphatic carbocycles. The Hall–Kier alpha value is -0.220. The van der Waals surface area contributed by atoms with Crippen molar-refractivity contribution in [3.8, 4) is 0 Å². The topological polar surface area (TPSA) is 46.2 Å². The molecule has 0 amide bonds. The third-order valence-corrected chi connectivity index (χ3v) is 2.37. The Morgan fingerprint density at radius 2 is 1.73 bits per heavy atom. The lowest BCUT2D eigenvalue weighted by molar-refractivity contribution is -0.179. The third-order valence-electron chi connectivity index (χ3n) is 2.37. The number of hydrogen-bond donors (Lipinski definition) is 2. The number of nitrogens with two attached hydrogens (primary N) is 1. The summed E-state index contributed by atoms with van der Waals surface area (Å²) in [5.41, 5.74) is 3.21. The summed E-state index contributed by atoms with van der Waals surface area (Å²) in [5.74, 6) is -2.67. The van der Waals surface area contributed by atoms with Crippen LogP contribution < -0.4 is 5.73 Å². The molecule has 2 nitrogen and oxygen atoms in total. The SMILES string of the molecule is CC(C)(O)C1(N)CC(F)(F)C1. The van der Waals surface area contributed by atoms with E-state index in [0.29, 0.717) is 0 Å². The monoisotopic (exact) mass is 165 g/mol. The van der Waals surface area contributed by atoms with Crippen molar-refractivity contribution in [3.63, 3.8) is 0 Å². The molecule has 1 rings (SSSR count). The predicted molar refractivity (Wildman–Crippen MR) is 37.4 cm³/mol. The van der Waals surface area contributed by atoms with E-state index in [1.807, 2.05) is 0 Å². The van der Waals surface area contributed by atoms with E-state index in [1.165, 1.54) is 13.8 Å². The van der Waals surface area contributed by atoms with Gasteiger partial charge in [-0.2, -0.15) is 0 Å². The van der Waals surface area contributed by atoms with E-state index >= 15 is 0 Å². The fourth-order valence-electron chi connectivity index (χ4n) is 1.30. The summed E-state index contributed by atoms with van der Waals surface area (Å²) in [7, 11) is 0. The van der Waals surface area contributed by atoms with Crippen LogP contribution in [0.25, 0.3) is 0 Å². The summed E-state index contributed by atoms with van der Waals surface area (Å²) < 4.78 is 24.7. The van der Waals surface area contributed by atoms with E-state index in [4.69, 9.17) is 5.73 Å². The van der Waals surface area contributed by atoms with E-state index in [-0.39, 0.29) is 0 Å². The smallest absolute Gasteiger partial charge is 0.251 e. The van der Waals surface area contributed by atoms with Crippen LogP contribution in [0.2, 0.25) is 0 Å². The largest absolute Gasteiger partial charge is 0.389 e. The molecule has 0 saturated heterocycles. The maximum absolute atomic E-state index is 12.4. The lowest BCUT2D eigenvalue weighted by Gasteiger charge is -2.51. The Morgan fingerprint density at radius 3 is 1.82 bits per heavy atom. The van der Waals surface area contributed by atoms with E-state index < -0.39 is 29.9 Å². The molecule has 0 aliphatic heterocycles. The highest BCUT2D eigenvalue weighted by atomic mass is 19.3. The number of alkyl halides is 2. The first-order valence-corrected chi connectivity index (χ1v) is 3.55. The Bertz CT molecular complexity index is 166. The molecule has 0 heterocycles. The molecule has 1 aliphatic rings. The van der Waals surface area contributed by atoms with Crippen molar-refractivity contribution in [1.82, 2.24) is 0 Å². The normalized spacial score (nSPS) is 27.8. The predicted octanol–water partition coefficient (Wildman–Crippen LogP) is 0.884. The van der Waals surface area contributed by atoms with Gasteiger partial charge in [-0.05, 0) is 13.8 Å². The van der Waals surface area contributed by atoms with Gasteiger partial charge in [0.25, 0.3) is 5.92 Å². The minimum atomic E-state index is -2.67. The first kappa shape index (κ1) is 8.87. The van der Waals surface area contributed by atoms with Gasteiger partial charge in [0.15, 0.2) is 0 Å². The minimum absolute atomic E-state index is 0.413. The lowest BCUT2D eigenvalue weighted by Crippen LogP contribution is -2.69. The van der Waals surface area contributed by atoms with Crippen LogP contribution in [0.4, 0.5) is 8.78 Å². The van der Waals surface area contributed by atoms with Crippen LogP contribution in [0.1, 0.15) is 26.7 Å². The van der Waals surface area contributed by atoms with Gasteiger partial charge >= 0.3 is 0 Å². The molecule has 4 heteroatoms. The average molecular weight is 165 g/mol. The Morgan fingerprint density at radius 1 is 1.36 bits per heavy atom. The zero-order valence-electron chi connectivity index (χ0n) is 6.69. The summed E-state index contributed by atoms with van der Waals surface area (Å²) >= 11 is 0. The first-order chi connectivity index (χ1) is 4.66. The highest BCUT2D eigenvalue weighted by Gasteiger charge is 2.60. The quantitative estimate of drug-likeness (QED) is 0.606. The van der Waals surface area contributed by atoms with Crippen molar-refractivity contribution in [2.45, 2.75) is 43.8 Å². The molecule has 11 heavy (non-hydrogen) atoms. The highest BCUT2D eigenvalue weighted by Crippen LogP contribution is 2.48. The second-order valence-electron chi connectivity index (χ2n) is 3.92. The van der Waals surface area contributed by atoms with Crippen LogP contribution in [-0.4, -0.2) is 22.2 Å². The molecule has 1 fully saturated rings. The standard InChI is InChI=1S/C7H13F2NO/c1-5(2,11)6(10)3-7(8,9)4-6/h11H,3-4,10H2,1-2H3. The highest BCUT2D eigenvalue weighted by molar-refractivity contribution is 5.11. The zero-order valence-corrected chi connectivity index (χ0v) is 6.69. The summed E-state index contributed by atoms with van der Waals surface area (Å²) in [6.07, 6.45) is -0.826. The van der Waals surface area contributed by atoms with Gasteiger partial charge in [0, 0.05) is 12.8 Å². The molecule has 0 radical (unpaired) electrons. The Kier molecular flexibility index (Phi) is 1.55. The van der Waals surface area contributed by atoms with Crippen LogP contribution in [0.5, 0.6) is 0 Å². The molecule has 0 atom stereocenters. The molecule has 66 valence electrons. The van der Waals surface area contributed by atoms with Crippen LogP contribution in [-0.2, 0) is 0 Å². The van der Waals surface area contributed by atoms with Gasteiger partial charge in [0.1, 0.15) is 0 Å². The molecule has 3 N–H and O–H groups in total.